The molecule has 0 aliphatic carbocycles. The van der Waals surface area contributed by atoms with Crippen LogP contribution in [0, 0.1) is 0 Å². The lowest BCUT2D eigenvalue weighted by molar-refractivity contribution is -0.140. The Labute approximate surface area is 116 Å². The maximum Gasteiger partial charge on any atom is 0.322 e. The van der Waals surface area contributed by atoms with Gasteiger partial charge in [-0.15, -0.1) is 11.6 Å². The molecule has 0 rings (SSSR count). The standard InChI is InChI=1S/C8H13ClN2O5S2/c9-1-4(12)6(5(11)8(15)16)18-17-2-3(10)7(13)14/h3,5-6H,1-2,10-11H2,(H,13,14)(H,15,16)/t3-,5-,6?/m0/s1. The fourth-order valence-electron chi connectivity index (χ4n) is 0.777. The van der Waals surface area contributed by atoms with E-state index in [-0.39, 0.29) is 11.6 Å². The highest BCUT2D eigenvalue weighted by Crippen LogP contribution is 2.29. The van der Waals surface area contributed by atoms with Crippen molar-refractivity contribution in [2.45, 2.75) is 17.3 Å². The number of carboxylic acid groups (broad SMARTS) is 2. The minimum Gasteiger partial charge on any atom is -0.480 e. The van der Waals surface area contributed by atoms with Crippen LogP contribution in [0.2, 0.25) is 0 Å². The van der Waals surface area contributed by atoms with E-state index in [2.05, 4.69) is 0 Å². The molecular weight excluding hydrogens is 304 g/mol. The molecule has 0 saturated carbocycles. The number of aliphatic carboxylic acids is 2. The number of alkyl halides is 1. The average molecular weight is 317 g/mol. The molecule has 0 aromatic rings. The summed E-state index contributed by atoms with van der Waals surface area (Å²) in [4.78, 5) is 32.6. The number of carboxylic acids is 2. The number of hydrogen-bond donors (Lipinski definition) is 4. The first-order chi connectivity index (χ1) is 8.31. The van der Waals surface area contributed by atoms with Crippen LogP contribution in [0.1, 0.15) is 0 Å². The van der Waals surface area contributed by atoms with E-state index in [1.165, 1.54) is 0 Å². The van der Waals surface area contributed by atoms with E-state index in [1.807, 2.05) is 0 Å². The van der Waals surface area contributed by atoms with Crippen molar-refractivity contribution in [2.75, 3.05) is 11.6 Å². The third-order valence-corrected chi connectivity index (χ3v) is 4.89. The molecule has 1 unspecified atom stereocenters. The van der Waals surface area contributed by atoms with E-state index in [4.69, 9.17) is 33.3 Å². The Balaban J connectivity index is 4.39. The van der Waals surface area contributed by atoms with Gasteiger partial charge in [0.05, 0.1) is 5.88 Å². The van der Waals surface area contributed by atoms with Gasteiger partial charge in [0.1, 0.15) is 17.3 Å². The van der Waals surface area contributed by atoms with Crippen LogP contribution in [0.5, 0.6) is 0 Å². The largest absolute Gasteiger partial charge is 0.480 e. The van der Waals surface area contributed by atoms with Crippen LogP contribution in [0.4, 0.5) is 0 Å². The van der Waals surface area contributed by atoms with Crippen LogP contribution in [-0.2, 0) is 14.4 Å². The van der Waals surface area contributed by atoms with Gasteiger partial charge in [-0.25, -0.2) is 0 Å². The normalized spacial score (nSPS) is 15.7. The molecular formula is C8H13ClN2O5S2. The number of rotatable bonds is 9. The Morgan fingerprint density at radius 3 is 2.11 bits per heavy atom. The summed E-state index contributed by atoms with van der Waals surface area (Å²) in [5.41, 5.74) is 10.6. The molecule has 0 aromatic carbocycles. The molecule has 0 bridgehead atoms. The van der Waals surface area contributed by atoms with Crippen molar-refractivity contribution in [1.29, 1.82) is 0 Å². The predicted molar refractivity (Wildman–Crippen MR) is 70.8 cm³/mol. The molecule has 0 aromatic heterocycles. The third-order valence-electron chi connectivity index (χ3n) is 1.80. The zero-order valence-electron chi connectivity index (χ0n) is 9.11. The number of carbonyl (C=O) groups excluding carboxylic acids is 1. The Bertz CT molecular complexity index is 331. The van der Waals surface area contributed by atoms with Gasteiger partial charge in [0, 0.05) is 5.75 Å². The molecule has 0 radical (unpaired) electrons. The number of halogens is 1. The van der Waals surface area contributed by atoms with E-state index in [1.54, 1.807) is 0 Å². The van der Waals surface area contributed by atoms with E-state index in [0.29, 0.717) is 0 Å². The van der Waals surface area contributed by atoms with E-state index < -0.39 is 35.1 Å². The summed E-state index contributed by atoms with van der Waals surface area (Å²) in [6.07, 6.45) is 0. The van der Waals surface area contributed by atoms with Gasteiger partial charge in [-0.05, 0) is 0 Å². The number of ketones is 1. The fourth-order valence-corrected chi connectivity index (χ4v) is 3.77. The minimum absolute atomic E-state index is 0.0262. The molecule has 0 aliphatic rings. The summed E-state index contributed by atoms with van der Waals surface area (Å²) in [6.45, 7) is 0. The molecule has 7 nitrogen and oxygen atoms in total. The molecule has 6 N–H and O–H groups in total. The highest BCUT2D eigenvalue weighted by Gasteiger charge is 2.31. The van der Waals surface area contributed by atoms with Crippen LogP contribution < -0.4 is 11.5 Å². The van der Waals surface area contributed by atoms with E-state index in [9.17, 15) is 14.4 Å². The topological polar surface area (TPSA) is 144 Å². The molecule has 0 fully saturated rings. The molecule has 18 heavy (non-hydrogen) atoms. The Hall–Kier alpha value is -0.480. The molecule has 0 saturated heterocycles. The molecule has 0 aliphatic heterocycles. The summed E-state index contributed by atoms with van der Waals surface area (Å²) in [5.74, 6) is -3.35. The van der Waals surface area contributed by atoms with Gasteiger partial charge >= 0.3 is 11.9 Å². The maximum atomic E-state index is 11.4. The first-order valence-corrected chi connectivity index (χ1v) is 7.56. The van der Waals surface area contributed by atoms with Crippen molar-refractivity contribution < 1.29 is 24.6 Å². The first-order valence-electron chi connectivity index (χ1n) is 4.65. The Kier molecular flexibility index (Phi) is 8.36. The number of nitrogens with two attached hydrogens (primary N) is 2. The van der Waals surface area contributed by atoms with Gasteiger partial charge in [0.15, 0.2) is 5.78 Å². The molecule has 0 spiro atoms. The average Bonchev–Trinajstić information content (AvgIpc) is 2.32. The Morgan fingerprint density at radius 2 is 1.72 bits per heavy atom. The fraction of sp³-hybridized carbons (Fsp3) is 0.625. The van der Waals surface area contributed by atoms with Gasteiger partial charge in [-0.1, -0.05) is 21.6 Å². The number of carbonyl (C=O) groups is 3. The second kappa shape index (κ2) is 8.59. The molecule has 10 heteroatoms. The zero-order valence-corrected chi connectivity index (χ0v) is 11.5. The van der Waals surface area contributed by atoms with Crippen LogP contribution >= 0.6 is 33.2 Å². The van der Waals surface area contributed by atoms with Crippen LogP contribution in [0.15, 0.2) is 0 Å². The molecule has 0 heterocycles. The zero-order chi connectivity index (χ0) is 14.3. The lowest BCUT2D eigenvalue weighted by atomic mass is 10.1. The second-order valence-electron chi connectivity index (χ2n) is 3.21. The summed E-state index contributed by atoms with van der Waals surface area (Å²) >= 11 is 5.35. The number of Topliss-reactive ketones (excluding diaryl/α,β-unsaturated/α-hetero) is 1. The van der Waals surface area contributed by atoms with E-state index in [0.717, 1.165) is 21.6 Å². The van der Waals surface area contributed by atoms with Gasteiger partial charge in [-0.3, -0.25) is 14.4 Å². The summed E-state index contributed by atoms with van der Waals surface area (Å²) in [7, 11) is 1.85. The monoisotopic (exact) mass is 316 g/mol. The highest BCUT2D eigenvalue weighted by molar-refractivity contribution is 8.77. The first kappa shape index (κ1) is 17.5. The maximum absolute atomic E-state index is 11.4. The third kappa shape index (κ3) is 5.91. The van der Waals surface area contributed by atoms with Crippen LogP contribution in [0.3, 0.4) is 0 Å². The van der Waals surface area contributed by atoms with Crippen molar-refractivity contribution >= 4 is 50.9 Å². The van der Waals surface area contributed by atoms with Crippen LogP contribution in [-0.4, -0.2) is 56.9 Å². The van der Waals surface area contributed by atoms with Gasteiger partial charge in [0.25, 0.3) is 0 Å². The van der Waals surface area contributed by atoms with Gasteiger partial charge in [-0.2, -0.15) is 0 Å². The summed E-state index contributed by atoms with van der Waals surface area (Å²) < 4.78 is 0. The number of hydrogen-bond acceptors (Lipinski definition) is 7. The highest BCUT2D eigenvalue weighted by atomic mass is 35.5. The molecule has 3 atom stereocenters. The summed E-state index contributed by atoms with van der Waals surface area (Å²) in [6, 6.07) is -2.48. The van der Waals surface area contributed by atoms with Crippen LogP contribution in [0.25, 0.3) is 0 Å². The smallest absolute Gasteiger partial charge is 0.322 e. The molecule has 104 valence electrons. The van der Waals surface area contributed by atoms with Gasteiger partial charge < -0.3 is 21.7 Å². The van der Waals surface area contributed by atoms with E-state index >= 15 is 0 Å². The SMILES string of the molecule is N[C@H](C(=O)O)C(SSC[C@H](N)C(=O)O)C(=O)CCl. The lowest BCUT2D eigenvalue weighted by Crippen LogP contribution is -2.44. The van der Waals surface area contributed by atoms with Crippen molar-refractivity contribution in [3.05, 3.63) is 0 Å². The Morgan fingerprint density at radius 1 is 1.17 bits per heavy atom. The molecule has 0 amide bonds. The van der Waals surface area contributed by atoms with Crippen molar-refractivity contribution in [3.8, 4) is 0 Å². The van der Waals surface area contributed by atoms with Crippen molar-refractivity contribution in [1.82, 2.24) is 0 Å². The minimum atomic E-state index is -1.39. The van der Waals surface area contributed by atoms with Gasteiger partial charge in [0.2, 0.25) is 0 Å². The van der Waals surface area contributed by atoms with Crippen molar-refractivity contribution in [2.24, 2.45) is 11.5 Å². The summed E-state index contributed by atoms with van der Waals surface area (Å²) in [5, 5.41) is 16.2. The lowest BCUT2D eigenvalue weighted by Gasteiger charge is -2.17. The quantitative estimate of drug-likeness (QED) is 0.322. The second-order valence-corrected chi connectivity index (χ2v) is 6.03. The predicted octanol–water partition coefficient (Wildman–Crippen LogP) is -0.632. The van der Waals surface area contributed by atoms with Crippen molar-refractivity contribution in [3.63, 3.8) is 0 Å².